The van der Waals surface area contributed by atoms with Gasteiger partial charge >= 0.3 is 12.1 Å². The molecule has 1 fully saturated rings. The molecule has 0 atom stereocenters. The molecule has 0 spiro atoms. The molecule has 6 nitrogen and oxygen atoms in total. The molecule has 1 N–H and O–H groups in total. The van der Waals surface area contributed by atoms with Crippen molar-refractivity contribution in [2.45, 2.75) is 19.6 Å². The number of rotatable bonds is 5. The van der Waals surface area contributed by atoms with Crippen LogP contribution in [0.1, 0.15) is 18.1 Å². The van der Waals surface area contributed by atoms with E-state index >= 15 is 0 Å². The number of esters is 1. The minimum atomic E-state index is -4.52. The molecule has 32 heavy (non-hydrogen) atoms. The van der Waals surface area contributed by atoms with Crippen LogP contribution in [0.2, 0.25) is 5.02 Å². The number of halogens is 4. The molecular formula is C22H24ClF3N4O2. The third-order valence-electron chi connectivity index (χ3n) is 4.95. The van der Waals surface area contributed by atoms with Crippen molar-refractivity contribution < 1.29 is 22.7 Å². The molecule has 0 aliphatic carbocycles. The quantitative estimate of drug-likeness (QED) is 0.304. The summed E-state index contributed by atoms with van der Waals surface area (Å²) in [7, 11) is 0. The number of carbonyl (C=O) groups excluding carboxylic acids is 1. The first-order chi connectivity index (χ1) is 15.3. The molecule has 0 aromatic heterocycles. The second kappa shape index (κ2) is 10.7. The zero-order valence-electron chi connectivity index (χ0n) is 17.5. The molecule has 0 saturated carbocycles. The average molecular weight is 469 g/mol. The monoisotopic (exact) mass is 468 g/mol. The lowest BCUT2D eigenvalue weighted by molar-refractivity contribution is -0.138. The van der Waals surface area contributed by atoms with Crippen molar-refractivity contribution >= 4 is 29.1 Å². The predicted molar refractivity (Wildman–Crippen MR) is 117 cm³/mol. The van der Waals surface area contributed by atoms with Crippen LogP contribution in [0, 0.1) is 0 Å². The van der Waals surface area contributed by atoms with Gasteiger partial charge in [-0.25, -0.2) is 4.79 Å². The highest BCUT2D eigenvalue weighted by atomic mass is 35.5. The van der Waals surface area contributed by atoms with Crippen LogP contribution < -0.4 is 5.43 Å². The number of alkyl halides is 3. The molecule has 172 valence electrons. The Kier molecular flexibility index (Phi) is 7.98. The summed E-state index contributed by atoms with van der Waals surface area (Å²) in [6, 6.07) is 12.9. The molecule has 2 aromatic carbocycles. The zero-order valence-corrected chi connectivity index (χ0v) is 18.3. The Labute approximate surface area is 189 Å². The number of hydrazone groups is 1. The number of ether oxygens (including phenoxy) is 1. The van der Waals surface area contributed by atoms with Crippen LogP contribution in [0.15, 0.2) is 53.6 Å². The largest absolute Gasteiger partial charge is 0.460 e. The fourth-order valence-electron chi connectivity index (χ4n) is 3.30. The van der Waals surface area contributed by atoms with E-state index in [1.165, 1.54) is 5.56 Å². The Morgan fingerprint density at radius 2 is 1.81 bits per heavy atom. The van der Waals surface area contributed by atoms with Crippen molar-refractivity contribution in [3.8, 4) is 0 Å². The number of hydrogen-bond donors (Lipinski definition) is 1. The fraction of sp³-hybridized carbons (Fsp3) is 0.364. The number of nitrogens with zero attached hydrogens (tertiary/aromatic N) is 3. The lowest BCUT2D eigenvalue weighted by Gasteiger charge is -2.35. The van der Waals surface area contributed by atoms with E-state index in [-0.39, 0.29) is 23.2 Å². The maximum atomic E-state index is 13.0. The van der Waals surface area contributed by atoms with Crippen LogP contribution in [0.3, 0.4) is 0 Å². The van der Waals surface area contributed by atoms with Gasteiger partial charge in [0.2, 0.25) is 5.84 Å². The molecule has 2 aromatic rings. The van der Waals surface area contributed by atoms with Gasteiger partial charge in [-0.2, -0.15) is 13.2 Å². The predicted octanol–water partition coefficient (Wildman–Crippen LogP) is 4.47. The van der Waals surface area contributed by atoms with Gasteiger partial charge in [0.05, 0.1) is 22.9 Å². The molecule has 0 radical (unpaired) electrons. The summed E-state index contributed by atoms with van der Waals surface area (Å²) < 4.78 is 44.1. The highest BCUT2D eigenvalue weighted by Crippen LogP contribution is 2.33. The summed E-state index contributed by atoms with van der Waals surface area (Å²) >= 11 is 6.02. The molecule has 1 aliphatic heterocycles. The van der Waals surface area contributed by atoms with Gasteiger partial charge in [0.25, 0.3) is 0 Å². The van der Waals surface area contributed by atoms with E-state index in [1.54, 1.807) is 11.8 Å². The highest BCUT2D eigenvalue weighted by molar-refractivity contribution is 6.35. The number of carbonyl (C=O) groups is 1. The van der Waals surface area contributed by atoms with Crippen molar-refractivity contribution in [2.24, 2.45) is 5.10 Å². The Hall–Kier alpha value is -2.78. The summed E-state index contributed by atoms with van der Waals surface area (Å²) in [5, 5.41) is 4.13. The van der Waals surface area contributed by atoms with Crippen molar-refractivity contribution in [3.63, 3.8) is 0 Å². The minimum absolute atomic E-state index is 0.000287. The number of anilines is 1. The summed E-state index contributed by atoms with van der Waals surface area (Å²) in [5.74, 6) is -0.653. The maximum Gasteiger partial charge on any atom is 0.416 e. The Morgan fingerprint density at radius 3 is 2.44 bits per heavy atom. The van der Waals surface area contributed by atoms with Crippen molar-refractivity contribution in [1.29, 1.82) is 0 Å². The minimum Gasteiger partial charge on any atom is -0.460 e. The molecule has 1 saturated heterocycles. The van der Waals surface area contributed by atoms with Crippen LogP contribution in [0.5, 0.6) is 0 Å². The molecule has 10 heteroatoms. The van der Waals surface area contributed by atoms with Gasteiger partial charge in [-0.15, -0.1) is 5.10 Å². The van der Waals surface area contributed by atoms with Crippen molar-refractivity contribution in [2.75, 3.05) is 38.2 Å². The SMILES string of the molecule is CCOC(=O)/C(=N\Nc1cc(C(F)(F)F)ccc1Cl)N1CCN(Cc2ccccc2)CC1. The number of piperazine rings is 1. The number of benzene rings is 2. The van der Waals surface area contributed by atoms with Crippen LogP contribution in [-0.2, 0) is 22.3 Å². The summed E-state index contributed by atoms with van der Waals surface area (Å²) in [6.07, 6.45) is -4.52. The zero-order chi connectivity index (χ0) is 23.1. The standard InChI is InChI=1S/C22H24ClF3N4O2/c1-2-32-21(31)20(28-27-19-14-17(22(24,25)26)8-9-18(19)23)30-12-10-29(11-13-30)15-16-6-4-3-5-7-16/h3-9,14,27H,2,10-13,15H2,1H3/b28-20+. The second-order valence-corrected chi connectivity index (χ2v) is 7.62. The Bertz CT molecular complexity index is 946. The first-order valence-corrected chi connectivity index (χ1v) is 10.5. The van der Waals surface area contributed by atoms with Gasteiger partial charge in [-0.05, 0) is 30.7 Å². The first kappa shape index (κ1) is 23.9. The third-order valence-corrected chi connectivity index (χ3v) is 5.28. The lowest BCUT2D eigenvalue weighted by Crippen LogP contribution is -2.50. The van der Waals surface area contributed by atoms with Crippen LogP contribution in [0.25, 0.3) is 0 Å². The average Bonchev–Trinajstić information content (AvgIpc) is 2.76. The van der Waals surface area contributed by atoms with E-state index in [4.69, 9.17) is 16.3 Å². The second-order valence-electron chi connectivity index (χ2n) is 7.21. The molecule has 0 unspecified atom stereocenters. The normalized spacial score (nSPS) is 15.5. The smallest absolute Gasteiger partial charge is 0.416 e. The van der Waals surface area contributed by atoms with Crippen molar-refractivity contribution in [1.82, 2.24) is 9.80 Å². The molecule has 0 bridgehead atoms. The first-order valence-electron chi connectivity index (χ1n) is 10.2. The summed E-state index contributed by atoms with van der Waals surface area (Å²) in [6.45, 7) is 5.03. The van der Waals surface area contributed by atoms with E-state index in [0.29, 0.717) is 26.2 Å². The molecule has 1 heterocycles. The fourth-order valence-corrected chi connectivity index (χ4v) is 3.46. The van der Waals surface area contributed by atoms with Crippen LogP contribution in [-0.4, -0.2) is 54.4 Å². The van der Waals surface area contributed by atoms with Gasteiger partial charge in [-0.3, -0.25) is 10.3 Å². The lowest BCUT2D eigenvalue weighted by atomic mass is 10.2. The van der Waals surface area contributed by atoms with Crippen LogP contribution >= 0.6 is 11.6 Å². The van der Waals surface area contributed by atoms with Crippen LogP contribution in [0.4, 0.5) is 18.9 Å². The van der Waals surface area contributed by atoms with Gasteiger partial charge in [0, 0.05) is 32.7 Å². The molecule has 1 aliphatic rings. The van der Waals surface area contributed by atoms with E-state index < -0.39 is 17.7 Å². The summed E-state index contributed by atoms with van der Waals surface area (Å²) in [4.78, 5) is 16.5. The molecule has 0 amide bonds. The van der Waals surface area contributed by atoms with Crippen molar-refractivity contribution in [3.05, 3.63) is 64.7 Å². The highest BCUT2D eigenvalue weighted by Gasteiger charge is 2.31. The van der Waals surface area contributed by atoms with E-state index in [0.717, 1.165) is 24.7 Å². The summed E-state index contributed by atoms with van der Waals surface area (Å²) in [5.41, 5.74) is 2.79. The van der Waals surface area contributed by atoms with E-state index in [9.17, 15) is 18.0 Å². The van der Waals surface area contributed by atoms with E-state index in [2.05, 4.69) is 27.6 Å². The van der Waals surface area contributed by atoms with Gasteiger partial charge in [0.1, 0.15) is 0 Å². The molecule has 3 rings (SSSR count). The van der Waals surface area contributed by atoms with Gasteiger partial charge in [0.15, 0.2) is 0 Å². The van der Waals surface area contributed by atoms with Gasteiger partial charge < -0.3 is 9.64 Å². The topological polar surface area (TPSA) is 57.2 Å². The third kappa shape index (κ3) is 6.37. The number of nitrogens with one attached hydrogen (secondary N) is 1. The Morgan fingerprint density at radius 1 is 1.12 bits per heavy atom. The van der Waals surface area contributed by atoms with E-state index in [1.807, 2.05) is 18.2 Å². The van der Waals surface area contributed by atoms with Gasteiger partial charge in [-0.1, -0.05) is 41.9 Å². The number of hydrogen-bond acceptors (Lipinski definition) is 5. The maximum absolute atomic E-state index is 13.0. The Balaban J connectivity index is 1.72. The number of amidine groups is 1. The molecular weight excluding hydrogens is 445 g/mol.